The van der Waals surface area contributed by atoms with Crippen molar-refractivity contribution in [1.82, 2.24) is 4.90 Å². The van der Waals surface area contributed by atoms with Crippen molar-refractivity contribution in [2.75, 3.05) is 27.9 Å². The molecule has 0 radical (unpaired) electrons. The molecule has 0 unspecified atom stereocenters. The Kier molecular flexibility index (Phi) is 7.30. The fourth-order valence-corrected chi connectivity index (χ4v) is 1.77. The van der Waals surface area contributed by atoms with Crippen molar-refractivity contribution >= 4 is 6.21 Å². The van der Waals surface area contributed by atoms with Crippen molar-refractivity contribution in [3.8, 4) is 0 Å². The van der Waals surface area contributed by atoms with Gasteiger partial charge >= 0.3 is 6.73 Å². The van der Waals surface area contributed by atoms with Crippen molar-refractivity contribution in [2.24, 2.45) is 0 Å². The average molecular weight is 332 g/mol. The molecule has 0 fully saturated rings. The predicted molar refractivity (Wildman–Crippen MR) is 71.2 cm³/mol. The molecular formula is C14H20ClN2O5+. The highest BCUT2D eigenvalue weighted by Crippen LogP contribution is 2.05. The van der Waals surface area contributed by atoms with Gasteiger partial charge in [-0.3, -0.25) is 0 Å². The highest BCUT2D eigenvalue weighted by Gasteiger charge is 2.21. The molecule has 0 aliphatic rings. The first-order valence-corrected chi connectivity index (χ1v) is 7.65. The second kappa shape index (κ2) is 8.72. The number of allylic oxidation sites excluding steroid dienone is 1. The number of benzene rings is 1. The fraction of sp³-hybridized carbons (Fsp3) is 0.357. The maximum atomic E-state index is 10.4. The molecular weight excluding hydrogens is 312 g/mol. The summed E-state index contributed by atoms with van der Waals surface area (Å²) in [7, 11) is 0.781. The van der Waals surface area contributed by atoms with E-state index in [1.54, 1.807) is 24.4 Å². The molecule has 0 bridgehead atoms. The SMILES string of the molecule is CN(C)C=C(C=[N+](C)CO[Cl+3]([O-])([O-])[O-])OCc1ccccc1. The number of hydrogen-bond acceptors (Lipinski definition) is 6. The lowest BCUT2D eigenvalue weighted by molar-refractivity contribution is -1.92. The minimum Gasteiger partial charge on any atom is -0.482 e. The Morgan fingerprint density at radius 1 is 1.23 bits per heavy atom. The van der Waals surface area contributed by atoms with Gasteiger partial charge in [0, 0.05) is 20.3 Å². The van der Waals surface area contributed by atoms with E-state index >= 15 is 0 Å². The van der Waals surface area contributed by atoms with E-state index in [0.717, 1.165) is 5.56 Å². The van der Waals surface area contributed by atoms with E-state index in [1.165, 1.54) is 4.58 Å². The van der Waals surface area contributed by atoms with Crippen LogP contribution in [0, 0.1) is 10.2 Å². The second-order valence-corrected chi connectivity index (χ2v) is 5.75. The van der Waals surface area contributed by atoms with Crippen LogP contribution >= 0.6 is 0 Å². The number of ether oxygens (including phenoxy) is 1. The van der Waals surface area contributed by atoms with E-state index < -0.39 is 17.0 Å². The van der Waals surface area contributed by atoms with Gasteiger partial charge < -0.3 is 9.64 Å². The molecule has 22 heavy (non-hydrogen) atoms. The van der Waals surface area contributed by atoms with Gasteiger partial charge in [0.1, 0.15) is 17.9 Å². The molecule has 8 heteroatoms. The lowest BCUT2D eigenvalue weighted by Gasteiger charge is -2.11. The predicted octanol–water partition coefficient (Wildman–Crippen LogP) is -1.81. The minimum absolute atomic E-state index is 0.365. The normalized spacial score (nSPS) is 13.2. The Bertz CT molecular complexity index is 512. The van der Waals surface area contributed by atoms with E-state index in [0.29, 0.717) is 12.4 Å². The summed E-state index contributed by atoms with van der Waals surface area (Å²) in [6, 6.07) is 9.61. The van der Waals surface area contributed by atoms with Gasteiger partial charge in [-0.05, 0) is 5.56 Å². The van der Waals surface area contributed by atoms with Crippen LogP contribution in [-0.4, -0.2) is 43.6 Å². The first kappa shape index (κ1) is 18.4. The molecule has 7 nitrogen and oxygen atoms in total. The molecule has 0 aromatic heterocycles. The minimum atomic E-state index is -4.45. The summed E-state index contributed by atoms with van der Waals surface area (Å²) in [4.78, 5) is 1.79. The highest BCUT2D eigenvalue weighted by molar-refractivity contribution is 5.71. The van der Waals surface area contributed by atoms with Crippen LogP contribution in [-0.2, 0) is 15.6 Å². The quantitative estimate of drug-likeness (QED) is 0.241. The van der Waals surface area contributed by atoms with Crippen molar-refractivity contribution < 1.29 is 37.8 Å². The van der Waals surface area contributed by atoms with Crippen molar-refractivity contribution in [3.05, 3.63) is 47.9 Å². The third-order valence-corrected chi connectivity index (χ3v) is 2.73. The molecule has 0 heterocycles. The Balaban J connectivity index is 2.68. The lowest BCUT2D eigenvalue weighted by Crippen LogP contribution is -2.61. The summed E-state index contributed by atoms with van der Waals surface area (Å²) in [6.07, 6.45) is 3.27. The zero-order valence-electron chi connectivity index (χ0n) is 12.8. The van der Waals surface area contributed by atoms with Crippen LogP contribution in [0.4, 0.5) is 0 Å². The van der Waals surface area contributed by atoms with E-state index in [1.807, 2.05) is 44.4 Å². The maximum absolute atomic E-state index is 10.4. The Morgan fingerprint density at radius 2 is 1.86 bits per heavy atom. The van der Waals surface area contributed by atoms with Crippen molar-refractivity contribution in [3.63, 3.8) is 0 Å². The summed E-state index contributed by atoms with van der Waals surface area (Å²) in [5.74, 6) is 0.500. The Morgan fingerprint density at radius 3 is 2.41 bits per heavy atom. The van der Waals surface area contributed by atoms with E-state index in [9.17, 15) is 14.0 Å². The zero-order chi connectivity index (χ0) is 16.6. The molecule has 0 saturated carbocycles. The van der Waals surface area contributed by atoms with Gasteiger partial charge in [0.25, 0.3) is 0 Å². The molecule has 1 aromatic rings. The van der Waals surface area contributed by atoms with Gasteiger partial charge in [0.05, 0.1) is 10.2 Å². The standard InChI is InChI=1S/C14H20ClN2O5/c1-16(2)9-14(10-17(3)12-22-15(18,19)20)21-11-13-7-5-4-6-8-13/h4-10H,11-12H2,1-3H3/q+1. The molecule has 0 spiro atoms. The molecule has 0 amide bonds. The van der Waals surface area contributed by atoms with Gasteiger partial charge in [-0.25, -0.2) is 0 Å². The van der Waals surface area contributed by atoms with Crippen LogP contribution in [0.3, 0.4) is 0 Å². The topological polar surface area (TPSA) is 93.9 Å². The van der Waals surface area contributed by atoms with Crippen molar-refractivity contribution in [1.29, 1.82) is 0 Å². The van der Waals surface area contributed by atoms with Gasteiger partial charge in [-0.2, -0.15) is 18.6 Å². The van der Waals surface area contributed by atoms with Crippen LogP contribution in [0.5, 0.6) is 0 Å². The van der Waals surface area contributed by atoms with Gasteiger partial charge in [0.15, 0.2) is 5.76 Å². The lowest BCUT2D eigenvalue weighted by atomic mass is 10.2. The van der Waals surface area contributed by atoms with Crippen molar-refractivity contribution in [2.45, 2.75) is 6.61 Å². The smallest absolute Gasteiger partial charge is 0.393 e. The molecule has 122 valence electrons. The van der Waals surface area contributed by atoms with E-state index in [-0.39, 0.29) is 0 Å². The fourth-order valence-electron chi connectivity index (χ4n) is 1.49. The number of rotatable bonds is 8. The number of halogens is 1. The summed E-state index contributed by atoms with van der Waals surface area (Å²) in [6.45, 7) is -0.0311. The van der Waals surface area contributed by atoms with E-state index in [2.05, 4.69) is 4.29 Å². The third-order valence-electron chi connectivity index (χ3n) is 2.37. The summed E-state index contributed by atoms with van der Waals surface area (Å²) in [5.41, 5.74) is 1.00. The first-order valence-electron chi connectivity index (χ1n) is 6.41. The largest absolute Gasteiger partial charge is 0.482 e. The van der Waals surface area contributed by atoms with Crippen LogP contribution in [0.1, 0.15) is 5.56 Å². The monoisotopic (exact) mass is 331 g/mol. The molecule has 1 aromatic carbocycles. The molecule has 0 saturated heterocycles. The second-order valence-electron chi connectivity index (χ2n) is 4.77. The summed E-state index contributed by atoms with van der Waals surface area (Å²) < 4.78 is 42.4. The van der Waals surface area contributed by atoms with Crippen LogP contribution in [0.25, 0.3) is 0 Å². The van der Waals surface area contributed by atoms with Gasteiger partial charge in [0.2, 0.25) is 6.21 Å². The summed E-state index contributed by atoms with van der Waals surface area (Å²) >= 11 is 0. The summed E-state index contributed by atoms with van der Waals surface area (Å²) in [5, 5.41) is 0. The molecule has 1 rings (SSSR count). The first-order chi connectivity index (χ1) is 10.3. The Hall–Kier alpha value is -1.64. The van der Waals surface area contributed by atoms with E-state index in [4.69, 9.17) is 4.74 Å². The van der Waals surface area contributed by atoms with Gasteiger partial charge in [-0.1, -0.05) is 30.3 Å². The van der Waals surface area contributed by atoms with Crippen LogP contribution in [0.2, 0.25) is 0 Å². The maximum Gasteiger partial charge on any atom is 0.393 e. The zero-order valence-corrected chi connectivity index (χ0v) is 13.5. The molecule has 0 N–H and O–H groups in total. The molecule has 0 aliphatic carbocycles. The van der Waals surface area contributed by atoms with Crippen LogP contribution in [0.15, 0.2) is 42.3 Å². The highest BCUT2D eigenvalue weighted by atomic mass is 35.7. The van der Waals surface area contributed by atoms with Crippen LogP contribution < -0.4 is 14.0 Å². The molecule has 0 aliphatic heterocycles. The third kappa shape index (κ3) is 8.60. The molecule has 0 atom stereocenters. The number of hydrogen-bond donors (Lipinski definition) is 0. The van der Waals surface area contributed by atoms with Gasteiger partial charge in [-0.15, -0.1) is 0 Å². The average Bonchev–Trinajstić information content (AvgIpc) is 2.42. The Labute approximate surface area is 132 Å². The number of nitrogens with zero attached hydrogens (tertiary/aromatic N) is 2.